The van der Waals surface area contributed by atoms with E-state index in [9.17, 15) is 0 Å². The number of rotatable bonds is 10. The van der Waals surface area contributed by atoms with Crippen LogP contribution in [-0.4, -0.2) is 43.3 Å². The highest BCUT2D eigenvalue weighted by atomic mass is 16.5. The van der Waals surface area contributed by atoms with Gasteiger partial charge in [-0.1, -0.05) is 30.3 Å². The Morgan fingerprint density at radius 3 is 2.52 bits per heavy atom. The average molecular weight is 448 g/mol. The van der Waals surface area contributed by atoms with E-state index in [1.54, 1.807) is 0 Å². The van der Waals surface area contributed by atoms with Crippen molar-refractivity contribution in [2.75, 3.05) is 37.5 Å². The summed E-state index contributed by atoms with van der Waals surface area (Å²) in [4.78, 5) is 11.6. The van der Waals surface area contributed by atoms with Gasteiger partial charge < -0.3 is 20.3 Å². The van der Waals surface area contributed by atoms with Crippen LogP contribution in [0.1, 0.15) is 44.6 Å². The molecule has 0 radical (unpaired) electrons. The molecule has 4 rings (SSSR count). The fourth-order valence-corrected chi connectivity index (χ4v) is 4.72. The molecule has 6 nitrogen and oxygen atoms in total. The van der Waals surface area contributed by atoms with Crippen LogP contribution in [-0.2, 0) is 6.54 Å². The van der Waals surface area contributed by atoms with Gasteiger partial charge >= 0.3 is 0 Å². The Bertz CT molecular complexity index is 1030. The predicted molar refractivity (Wildman–Crippen MR) is 137 cm³/mol. The van der Waals surface area contributed by atoms with Crippen LogP contribution in [0.2, 0.25) is 0 Å². The van der Waals surface area contributed by atoms with Crippen LogP contribution in [0.5, 0.6) is 5.75 Å². The molecular weight excluding hydrogens is 410 g/mol. The number of fused-ring (bicyclic) bond motifs is 1. The van der Waals surface area contributed by atoms with Gasteiger partial charge in [0.1, 0.15) is 11.6 Å². The van der Waals surface area contributed by atoms with E-state index in [0.29, 0.717) is 12.6 Å². The van der Waals surface area contributed by atoms with Crippen LogP contribution < -0.4 is 20.3 Å². The highest BCUT2D eigenvalue weighted by molar-refractivity contribution is 5.90. The Labute approximate surface area is 197 Å². The van der Waals surface area contributed by atoms with Crippen molar-refractivity contribution in [1.29, 1.82) is 0 Å². The molecule has 0 unspecified atom stereocenters. The highest BCUT2D eigenvalue weighted by Gasteiger charge is 2.22. The summed E-state index contributed by atoms with van der Waals surface area (Å²) in [5.74, 6) is 3.49. The van der Waals surface area contributed by atoms with Crippen molar-refractivity contribution < 1.29 is 4.74 Å². The van der Waals surface area contributed by atoms with E-state index in [1.807, 2.05) is 39.2 Å². The van der Waals surface area contributed by atoms with Crippen LogP contribution in [0.15, 0.2) is 48.5 Å². The van der Waals surface area contributed by atoms with E-state index in [4.69, 9.17) is 14.7 Å². The number of nitrogens with one attached hydrogen (secondary N) is 2. The van der Waals surface area contributed by atoms with E-state index < -0.39 is 0 Å². The molecule has 33 heavy (non-hydrogen) atoms. The van der Waals surface area contributed by atoms with Crippen molar-refractivity contribution in [1.82, 2.24) is 15.3 Å². The quantitative estimate of drug-likeness (QED) is 0.414. The lowest BCUT2D eigenvalue weighted by Crippen LogP contribution is -2.28. The van der Waals surface area contributed by atoms with Crippen molar-refractivity contribution >= 4 is 22.7 Å². The summed E-state index contributed by atoms with van der Waals surface area (Å²) in [6.07, 6.45) is 6.07. The zero-order chi connectivity index (χ0) is 23.0. The summed E-state index contributed by atoms with van der Waals surface area (Å²) in [5.41, 5.74) is 2.23. The number of aromatic nitrogens is 2. The first kappa shape index (κ1) is 23.3. The molecule has 2 N–H and O–H groups in total. The second kappa shape index (κ2) is 11.3. The normalized spacial score (nSPS) is 18.3. The number of ether oxygens (including phenoxy) is 1. The van der Waals surface area contributed by atoms with Crippen LogP contribution in [0, 0.1) is 5.92 Å². The summed E-state index contributed by atoms with van der Waals surface area (Å²) < 4.78 is 5.73. The molecule has 1 aromatic heterocycles. The number of benzene rings is 2. The molecule has 1 aliphatic rings. The van der Waals surface area contributed by atoms with Gasteiger partial charge in [0.05, 0.1) is 12.1 Å². The molecule has 0 bridgehead atoms. The topological polar surface area (TPSA) is 62.3 Å². The van der Waals surface area contributed by atoms with E-state index in [1.165, 1.54) is 37.7 Å². The molecule has 1 saturated carbocycles. The monoisotopic (exact) mass is 447 g/mol. The van der Waals surface area contributed by atoms with Gasteiger partial charge in [-0.3, -0.25) is 0 Å². The molecule has 6 heteroatoms. The van der Waals surface area contributed by atoms with Gasteiger partial charge in [-0.05, 0) is 69.7 Å². The fraction of sp³-hybridized carbons (Fsp3) is 0.481. The molecule has 0 amide bonds. The summed E-state index contributed by atoms with van der Waals surface area (Å²) >= 11 is 0. The number of hydrogen-bond acceptors (Lipinski definition) is 6. The Kier molecular flexibility index (Phi) is 8.00. The third kappa shape index (κ3) is 6.14. The van der Waals surface area contributed by atoms with Gasteiger partial charge in [-0.2, -0.15) is 4.98 Å². The number of nitrogens with zero attached hydrogens (tertiary/aromatic N) is 3. The Morgan fingerprint density at radius 2 is 1.73 bits per heavy atom. The van der Waals surface area contributed by atoms with Crippen molar-refractivity contribution in [2.24, 2.45) is 5.92 Å². The molecule has 0 spiro atoms. The smallest absolute Gasteiger partial charge is 0.225 e. The van der Waals surface area contributed by atoms with Crippen molar-refractivity contribution in [2.45, 2.75) is 51.6 Å². The van der Waals surface area contributed by atoms with Gasteiger partial charge in [-0.15, -0.1) is 0 Å². The maximum atomic E-state index is 5.73. The maximum Gasteiger partial charge on any atom is 0.225 e. The fourth-order valence-electron chi connectivity index (χ4n) is 4.72. The minimum atomic E-state index is 0.448. The van der Waals surface area contributed by atoms with Crippen molar-refractivity contribution in [3.63, 3.8) is 0 Å². The lowest BCUT2D eigenvalue weighted by Gasteiger charge is -2.29. The second-order valence-corrected chi connectivity index (χ2v) is 9.15. The van der Waals surface area contributed by atoms with E-state index in [2.05, 4.69) is 45.9 Å². The molecular formula is C27H37N5O. The molecule has 0 aliphatic heterocycles. The summed E-state index contributed by atoms with van der Waals surface area (Å²) in [6, 6.07) is 17.0. The minimum absolute atomic E-state index is 0.448. The van der Waals surface area contributed by atoms with Crippen molar-refractivity contribution in [3.05, 3.63) is 54.1 Å². The summed E-state index contributed by atoms with van der Waals surface area (Å²) in [6.45, 7) is 4.64. The second-order valence-electron chi connectivity index (χ2n) is 9.15. The predicted octanol–water partition coefficient (Wildman–Crippen LogP) is 5.25. The number of para-hydroxylation sites is 2. The highest BCUT2D eigenvalue weighted by Crippen LogP contribution is 2.29. The molecule has 3 aromatic rings. The van der Waals surface area contributed by atoms with Crippen LogP contribution in [0.4, 0.5) is 11.8 Å². The Balaban J connectivity index is 1.24. The Hall–Kier alpha value is -2.86. The zero-order valence-corrected chi connectivity index (χ0v) is 20.2. The molecule has 1 fully saturated rings. The van der Waals surface area contributed by atoms with Crippen LogP contribution >= 0.6 is 0 Å². The first-order valence-electron chi connectivity index (χ1n) is 12.3. The van der Waals surface area contributed by atoms with E-state index in [0.717, 1.165) is 47.4 Å². The third-order valence-corrected chi connectivity index (χ3v) is 6.50. The molecule has 0 atom stereocenters. The molecule has 176 valence electrons. The largest absolute Gasteiger partial charge is 0.494 e. The van der Waals surface area contributed by atoms with Crippen LogP contribution in [0.25, 0.3) is 10.9 Å². The zero-order valence-electron chi connectivity index (χ0n) is 20.2. The van der Waals surface area contributed by atoms with Gasteiger partial charge in [0, 0.05) is 37.6 Å². The first-order chi connectivity index (χ1) is 16.1. The van der Waals surface area contributed by atoms with Gasteiger partial charge in [0.25, 0.3) is 0 Å². The maximum absolute atomic E-state index is 5.73. The lowest BCUT2D eigenvalue weighted by molar-refractivity contribution is 0.314. The van der Waals surface area contributed by atoms with Gasteiger partial charge in [0.15, 0.2) is 0 Å². The number of hydrogen-bond donors (Lipinski definition) is 2. The average Bonchev–Trinajstić information content (AvgIpc) is 2.83. The number of anilines is 2. The SMILES string of the molecule is CCOc1ccccc1CNCC[C@H]1CC[C@@H](Nc2nc(N(C)C)c3ccccc3n2)CC1. The minimum Gasteiger partial charge on any atom is -0.494 e. The van der Waals surface area contributed by atoms with Crippen LogP contribution in [0.3, 0.4) is 0 Å². The molecule has 1 heterocycles. The molecule has 0 saturated heterocycles. The molecule has 2 aromatic carbocycles. The standard InChI is InChI=1S/C27H37N5O/c1-4-33-25-12-8-5-9-21(25)19-28-18-17-20-13-15-22(16-14-20)29-27-30-24-11-7-6-10-23(24)26(31-27)32(2)3/h5-12,20,22,28H,4,13-19H2,1-3H3,(H,29,30,31)/t20-,22+. The van der Waals surface area contributed by atoms with E-state index in [-0.39, 0.29) is 0 Å². The third-order valence-electron chi connectivity index (χ3n) is 6.50. The van der Waals surface area contributed by atoms with E-state index >= 15 is 0 Å². The summed E-state index contributed by atoms with van der Waals surface area (Å²) in [7, 11) is 4.07. The van der Waals surface area contributed by atoms with Gasteiger partial charge in [-0.25, -0.2) is 4.98 Å². The van der Waals surface area contributed by atoms with Crippen molar-refractivity contribution in [3.8, 4) is 5.75 Å². The first-order valence-corrected chi connectivity index (χ1v) is 12.3. The lowest BCUT2D eigenvalue weighted by atomic mass is 9.84. The molecule has 1 aliphatic carbocycles. The summed E-state index contributed by atoms with van der Waals surface area (Å²) in [5, 5.41) is 8.32. The van der Waals surface area contributed by atoms with Gasteiger partial charge in [0.2, 0.25) is 5.95 Å². The Morgan fingerprint density at radius 1 is 0.970 bits per heavy atom.